The number of nitrogens with one attached hydrogen (secondary N) is 2. The van der Waals surface area contributed by atoms with Crippen molar-refractivity contribution >= 4 is 34.8 Å². The van der Waals surface area contributed by atoms with Crippen LogP contribution in [0.1, 0.15) is 59.7 Å². The molecule has 0 aliphatic carbocycles. The first-order chi connectivity index (χ1) is 15.1. The molecule has 1 saturated heterocycles. The summed E-state index contributed by atoms with van der Waals surface area (Å²) in [7, 11) is 0. The monoisotopic (exact) mass is 439 g/mol. The van der Waals surface area contributed by atoms with Gasteiger partial charge in [0, 0.05) is 18.7 Å². The van der Waals surface area contributed by atoms with Crippen LogP contribution >= 0.6 is 12.2 Å². The Bertz CT molecular complexity index is 924. The minimum atomic E-state index is -0.337. The summed E-state index contributed by atoms with van der Waals surface area (Å²) in [6.45, 7) is 4.15. The predicted octanol–water partition coefficient (Wildman–Crippen LogP) is 4.62. The Kier molecular flexibility index (Phi) is 8.41. The normalized spacial score (nSPS) is 13.8. The number of carbonyl (C=O) groups excluding carboxylic acids is 2. The number of ether oxygens (including phenoxy) is 1. The van der Waals surface area contributed by atoms with Crippen LogP contribution in [0.25, 0.3) is 0 Å². The van der Waals surface area contributed by atoms with Crippen molar-refractivity contribution in [2.45, 2.75) is 39.0 Å². The quantitative estimate of drug-likeness (QED) is 0.643. The lowest BCUT2D eigenvalue weighted by molar-refractivity contribution is 0.0762. The number of benzene rings is 2. The molecule has 7 heteroatoms. The molecule has 0 atom stereocenters. The molecule has 1 aliphatic heterocycles. The summed E-state index contributed by atoms with van der Waals surface area (Å²) in [6.07, 6.45) is 5.25. The fraction of sp³-hybridized carbons (Fsp3) is 0.375. The van der Waals surface area contributed by atoms with Crippen molar-refractivity contribution in [1.29, 1.82) is 0 Å². The Labute approximate surface area is 189 Å². The molecule has 2 amide bonds. The second kappa shape index (κ2) is 11.5. The van der Waals surface area contributed by atoms with E-state index in [0.717, 1.165) is 45.2 Å². The average molecular weight is 440 g/mol. The number of hydrogen-bond acceptors (Lipinski definition) is 4. The molecule has 0 radical (unpaired) electrons. The van der Waals surface area contributed by atoms with E-state index >= 15 is 0 Å². The van der Waals surface area contributed by atoms with Gasteiger partial charge < -0.3 is 15.0 Å². The molecule has 1 heterocycles. The van der Waals surface area contributed by atoms with Crippen molar-refractivity contribution in [1.82, 2.24) is 10.2 Å². The van der Waals surface area contributed by atoms with Crippen molar-refractivity contribution in [3.05, 3.63) is 59.7 Å². The highest BCUT2D eigenvalue weighted by Crippen LogP contribution is 2.20. The van der Waals surface area contributed by atoms with Crippen molar-refractivity contribution in [2.75, 3.05) is 25.0 Å². The molecule has 0 aromatic heterocycles. The lowest BCUT2D eigenvalue weighted by Gasteiger charge is -2.22. The maximum absolute atomic E-state index is 13.1. The molecular weight excluding hydrogens is 410 g/mol. The Balaban J connectivity index is 1.65. The van der Waals surface area contributed by atoms with Gasteiger partial charge in [-0.3, -0.25) is 14.9 Å². The van der Waals surface area contributed by atoms with Crippen LogP contribution in [0.2, 0.25) is 0 Å². The highest BCUT2D eigenvalue weighted by atomic mass is 32.1. The Morgan fingerprint density at radius 2 is 1.77 bits per heavy atom. The van der Waals surface area contributed by atoms with Crippen molar-refractivity contribution < 1.29 is 14.3 Å². The zero-order valence-electron chi connectivity index (χ0n) is 17.9. The summed E-state index contributed by atoms with van der Waals surface area (Å²) in [4.78, 5) is 27.6. The van der Waals surface area contributed by atoms with Gasteiger partial charge in [0.05, 0.1) is 17.9 Å². The summed E-state index contributed by atoms with van der Waals surface area (Å²) in [5, 5.41) is 5.84. The van der Waals surface area contributed by atoms with Crippen LogP contribution < -0.4 is 15.4 Å². The molecule has 3 rings (SSSR count). The second-order valence-corrected chi connectivity index (χ2v) is 7.94. The third-order valence-electron chi connectivity index (χ3n) is 5.10. The number of carbonyl (C=O) groups is 2. The molecule has 0 saturated carbocycles. The third kappa shape index (κ3) is 6.52. The highest BCUT2D eigenvalue weighted by molar-refractivity contribution is 7.80. The molecule has 6 nitrogen and oxygen atoms in total. The van der Waals surface area contributed by atoms with Gasteiger partial charge in [-0.15, -0.1) is 0 Å². The molecule has 164 valence electrons. The van der Waals surface area contributed by atoms with Gasteiger partial charge in [-0.2, -0.15) is 0 Å². The Morgan fingerprint density at radius 3 is 2.52 bits per heavy atom. The highest BCUT2D eigenvalue weighted by Gasteiger charge is 2.20. The molecule has 1 fully saturated rings. The van der Waals surface area contributed by atoms with Crippen LogP contribution in [0.15, 0.2) is 48.5 Å². The first-order valence-electron chi connectivity index (χ1n) is 10.8. The van der Waals surface area contributed by atoms with E-state index < -0.39 is 0 Å². The van der Waals surface area contributed by atoms with Crippen LogP contribution in [0.3, 0.4) is 0 Å². The fourth-order valence-corrected chi connectivity index (χ4v) is 3.70. The average Bonchev–Trinajstić information content (AvgIpc) is 3.07. The molecule has 2 aromatic carbocycles. The van der Waals surface area contributed by atoms with E-state index in [1.54, 1.807) is 30.3 Å². The van der Waals surface area contributed by atoms with E-state index in [-0.39, 0.29) is 16.9 Å². The van der Waals surface area contributed by atoms with Crippen molar-refractivity contribution in [2.24, 2.45) is 0 Å². The third-order valence-corrected chi connectivity index (χ3v) is 5.30. The van der Waals surface area contributed by atoms with E-state index in [1.807, 2.05) is 30.0 Å². The van der Waals surface area contributed by atoms with Crippen LogP contribution in [0.5, 0.6) is 5.75 Å². The number of rotatable bonds is 6. The van der Waals surface area contributed by atoms with Gasteiger partial charge in [0.2, 0.25) is 0 Å². The number of amides is 2. The molecule has 2 N–H and O–H groups in total. The first-order valence-corrected chi connectivity index (χ1v) is 11.2. The molecule has 2 aromatic rings. The zero-order chi connectivity index (χ0) is 22.1. The van der Waals surface area contributed by atoms with Crippen LogP contribution in [0.4, 0.5) is 5.69 Å². The second-order valence-electron chi connectivity index (χ2n) is 7.54. The van der Waals surface area contributed by atoms with Gasteiger partial charge in [-0.25, -0.2) is 0 Å². The van der Waals surface area contributed by atoms with Crippen molar-refractivity contribution in [3.63, 3.8) is 0 Å². The van der Waals surface area contributed by atoms with E-state index in [0.29, 0.717) is 29.2 Å². The molecule has 1 aliphatic rings. The lowest BCUT2D eigenvalue weighted by Crippen LogP contribution is -2.36. The Hall–Kier alpha value is -2.93. The van der Waals surface area contributed by atoms with Crippen LogP contribution in [-0.2, 0) is 0 Å². The van der Waals surface area contributed by atoms with E-state index in [4.69, 9.17) is 17.0 Å². The largest absolute Gasteiger partial charge is 0.494 e. The molecule has 0 spiro atoms. The molecule has 0 bridgehead atoms. The summed E-state index contributed by atoms with van der Waals surface area (Å²) >= 11 is 5.34. The molecule has 0 unspecified atom stereocenters. The topological polar surface area (TPSA) is 70.7 Å². The number of nitrogens with zero attached hydrogens (tertiary/aromatic N) is 1. The number of likely N-dealkylation sites (tertiary alicyclic amines) is 1. The van der Waals surface area contributed by atoms with E-state index in [9.17, 15) is 9.59 Å². The minimum absolute atomic E-state index is 0.0140. The fourth-order valence-electron chi connectivity index (χ4n) is 3.50. The number of para-hydroxylation sites is 1. The smallest absolute Gasteiger partial charge is 0.257 e. The van der Waals surface area contributed by atoms with Crippen LogP contribution in [0, 0.1) is 0 Å². The number of hydrogen-bond donors (Lipinski definition) is 2. The summed E-state index contributed by atoms with van der Waals surface area (Å²) < 4.78 is 5.58. The van der Waals surface area contributed by atoms with Crippen LogP contribution in [-0.4, -0.2) is 41.5 Å². The van der Waals surface area contributed by atoms with Gasteiger partial charge in [-0.1, -0.05) is 38.0 Å². The van der Waals surface area contributed by atoms with E-state index in [1.165, 1.54) is 0 Å². The van der Waals surface area contributed by atoms with Crippen molar-refractivity contribution in [3.8, 4) is 5.75 Å². The minimum Gasteiger partial charge on any atom is -0.494 e. The lowest BCUT2D eigenvalue weighted by atomic mass is 10.1. The van der Waals surface area contributed by atoms with Gasteiger partial charge in [-0.05, 0) is 61.8 Å². The van der Waals surface area contributed by atoms with Gasteiger partial charge >= 0.3 is 0 Å². The summed E-state index contributed by atoms with van der Waals surface area (Å²) in [5.41, 5.74) is 1.59. The Morgan fingerprint density at radius 1 is 1.03 bits per heavy atom. The van der Waals surface area contributed by atoms with E-state index in [2.05, 4.69) is 10.6 Å². The standard InChI is InChI=1S/C24H29N3O3S/c1-2-16-30-19-11-9-10-18(17-19)22(28)26-24(31)25-21-13-6-5-12-20(21)23(29)27-14-7-3-4-8-15-27/h5-6,9-13,17H,2-4,7-8,14-16H2,1H3,(H2,25,26,28,31). The molecular formula is C24H29N3O3S. The maximum atomic E-state index is 13.1. The summed E-state index contributed by atoms with van der Waals surface area (Å²) in [6, 6.07) is 14.2. The molecule has 31 heavy (non-hydrogen) atoms. The zero-order valence-corrected chi connectivity index (χ0v) is 18.7. The first kappa shape index (κ1) is 22.7. The predicted molar refractivity (Wildman–Crippen MR) is 127 cm³/mol. The summed E-state index contributed by atoms with van der Waals surface area (Å²) in [5.74, 6) is 0.289. The van der Waals surface area contributed by atoms with Gasteiger partial charge in [0.25, 0.3) is 11.8 Å². The van der Waals surface area contributed by atoms with Gasteiger partial charge in [0.1, 0.15) is 5.75 Å². The van der Waals surface area contributed by atoms with Gasteiger partial charge in [0.15, 0.2) is 5.11 Å². The SMILES string of the molecule is CCCOc1cccc(C(=O)NC(=S)Nc2ccccc2C(=O)N2CCCCCC2)c1. The number of thiocarbonyl (C=S) groups is 1. The maximum Gasteiger partial charge on any atom is 0.257 e. The number of anilines is 1.